The Bertz CT molecular complexity index is 352. The summed E-state index contributed by atoms with van der Waals surface area (Å²) in [4.78, 5) is 11.7. The third kappa shape index (κ3) is 3.78. The Balaban J connectivity index is 2.69. The SMILES string of the molecule is O=C(CCCCBr)c1cccc(Cl)c1Cl. The van der Waals surface area contributed by atoms with Crippen LogP contribution in [0.4, 0.5) is 0 Å². The average molecular weight is 310 g/mol. The summed E-state index contributed by atoms with van der Waals surface area (Å²) in [6.45, 7) is 0. The number of hydrogen-bond acceptors (Lipinski definition) is 1. The third-order valence-corrected chi connectivity index (χ3v) is 3.42. The van der Waals surface area contributed by atoms with Crippen LogP contribution in [0.2, 0.25) is 10.0 Å². The van der Waals surface area contributed by atoms with E-state index in [0.717, 1.165) is 18.2 Å². The van der Waals surface area contributed by atoms with Crippen LogP contribution in [-0.2, 0) is 0 Å². The molecule has 0 spiro atoms. The second kappa shape index (κ2) is 6.51. The van der Waals surface area contributed by atoms with E-state index in [1.54, 1.807) is 18.2 Å². The van der Waals surface area contributed by atoms with Gasteiger partial charge >= 0.3 is 0 Å². The van der Waals surface area contributed by atoms with Crippen molar-refractivity contribution in [2.24, 2.45) is 0 Å². The summed E-state index contributed by atoms with van der Waals surface area (Å²) in [6.07, 6.45) is 2.38. The molecule has 0 aliphatic rings. The minimum atomic E-state index is 0.0588. The molecular weight excluding hydrogens is 299 g/mol. The van der Waals surface area contributed by atoms with E-state index in [4.69, 9.17) is 23.2 Å². The molecule has 0 aliphatic carbocycles. The van der Waals surface area contributed by atoms with Crippen LogP contribution in [0.25, 0.3) is 0 Å². The molecule has 0 saturated heterocycles. The van der Waals surface area contributed by atoms with E-state index in [1.165, 1.54) is 0 Å². The molecule has 1 aromatic carbocycles. The number of ketones is 1. The van der Waals surface area contributed by atoms with Crippen LogP contribution >= 0.6 is 39.1 Å². The second-order valence-electron chi connectivity index (χ2n) is 3.17. The molecule has 1 rings (SSSR count). The van der Waals surface area contributed by atoms with Gasteiger partial charge in [-0.3, -0.25) is 4.79 Å². The summed E-state index contributed by atoms with van der Waals surface area (Å²) in [6, 6.07) is 5.13. The molecule has 0 aromatic heterocycles. The number of unbranched alkanes of at least 4 members (excludes halogenated alkanes) is 1. The van der Waals surface area contributed by atoms with Gasteiger partial charge in [0.1, 0.15) is 0 Å². The Morgan fingerprint density at radius 1 is 1.27 bits per heavy atom. The molecular formula is C11H11BrCl2O. The molecule has 0 bridgehead atoms. The van der Waals surface area contributed by atoms with Crippen molar-refractivity contribution in [2.45, 2.75) is 19.3 Å². The van der Waals surface area contributed by atoms with Gasteiger partial charge in [-0.15, -0.1) is 0 Å². The lowest BCUT2D eigenvalue weighted by Crippen LogP contribution is -2.00. The van der Waals surface area contributed by atoms with Crippen molar-refractivity contribution in [1.29, 1.82) is 0 Å². The van der Waals surface area contributed by atoms with E-state index in [2.05, 4.69) is 15.9 Å². The lowest BCUT2D eigenvalue weighted by Gasteiger charge is -2.04. The zero-order valence-electron chi connectivity index (χ0n) is 8.10. The van der Waals surface area contributed by atoms with E-state index in [-0.39, 0.29) is 5.78 Å². The largest absolute Gasteiger partial charge is 0.294 e. The Labute approximate surface area is 108 Å². The molecule has 15 heavy (non-hydrogen) atoms. The number of carbonyl (C=O) groups is 1. The minimum Gasteiger partial charge on any atom is -0.294 e. The Morgan fingerprint density at radius 2 is 2.00 bits per heavy atom. The first kappa shape index (κ1) is 13.0. The molecule has 0 saturated carbocycles. The number of Topliss-reactive ketones (excluding diaryl/α,β-unsaturated/α-hetero) is 1. The zero-order valence-corrected chi connectivity index (χ0v) is 11.2. The lowest BCUT2D eigenvalue weighted by molar-refractivity contribution is 0.0980. The summed E-state index contributed by atoms with van der Waals surface area (Å²) in [5.74, 6) is 0.0588. The van der Waals surface area contributed by atoms with Crippen molar-refractivity contribution in [3.63, 3.8) is 0 Å². The molecule has 0 heterocycles. The summed E-state index contributed by atoms with van der Waals surface area (Å²) in [5.41, 5.74) is 0.527. The van der Waals surface area contributed by atoms with E-state index < -0.39 is 0 Å². The lowest BCUT2D eigenvalue weighted by atomic mass is 10.1. The van der Waals surface area contributed by atoms with Gasteiger partial charge < -0.3 is 0 Å². The van der Waals surface area contributed by atoms with Crippen LogP contribution in [0, 0.1) is 0 Å². The van der Waals surface area contributed by atoms with Gasteiger partial charge in [0, 0.05) is 17.3 Å². The summed E-state index contributed by atoms with van der Waals surface area (Å²) in [7, 11) is 0. The topological polar surface area (TPSA) is 17.1 Å². The fourth-order valence-corrected chi connectivity index (χ4v) is 2.04. The number of halogens is 3. The first-order valence-electron chi connectivity index (χ1n) is 4.70. The average Bonchev–Trinajstić information content (AvgIpc) is 2.22. The van der Waals surface area contributed by atoms with Crippen molar-refractivity contribution in [3.05, 3.63) is 33.8 Å². The van der Waals surface area contributed by atoms with Crippen molar-refractivity contribution in [2.75, 3.05) is 5.33 Å². The highest BCUT2D eigenvalue weighted by atomic mass is 79.9. The molecule has 0 radical (unpaired) electrons. The quantitative estimate of drug-likeness (QED) is 0.436. The number of hydrogen-bond donors (Lipinski definition) is 0. The van der Waals surface area contributed by atoms with Gasteiger partial charge in [0.15, 0.2) is 5.78 Å². The first-order valence-corrected chi connectivity index (χ1v) is 6.57. The van der Waals surface area contributed by atoms with Gasteiger partial charge in [0.2, 0.25) is 0 Å². The Morgan fingerprint density at radius 3 is 2.67 bits per heavy atom. The molecule has 0 N–H and O–H groups in total. The summed E-state index contributed by atoms with van der Waals surface area (Å²) in [5, 5.41) is 1.72. The number of alkyl halides is 1. The van der Waals surface area contributed by atoms with Crippen molar-refractivity contribution in [3.8, 4) is 0 Å². The van der Waals surface area contributed by atoms with E-state index in [9.17, 15) is 4.79 Å². The van der Waals surface area contributed by atoms with Crippen molar-refractivity contribution < 1.29 is 4.79 Å². The standard InChI is InChI=1S/C11H11BrCl2O/c12-7-2-1-6-10(15)8-4-3-5-9(13)11(8)14/h3-5H,1-2,6-7H2. The predicted molar refractivity (Wildman–Crippen MR) is 68.4 cm³/mol. The van der Waals surface area contributed by atoms with E-state index >= 15 is 0 Å². The van der Waals surface area contributed by atoms with Crippen molar-refractivity contribution in [1.82, 2.24) is 0 Å². The Hall–Kier alpha value is -0.0500. The normalized spacial score (nSPS) is 10.3. The number of benzene rings is 1. The highest BCUT2D eigenvalue weighted by molar-refractivity contribution is 9.09. The number of rotatable bonds is 5. The molecule has 4 heteroatoms. The summed E-state index contributed by atoms with van der Waals surface area (Å²) < 4.78 is 0. The fourth-order valence-electron chi connectivity index (χ4n) is 1.23. The zero-order chi connectivity index (χ0) is 11.3. The molecule has 0 fully saturated rings. The molecule has 82 valence electrons. The van der Waals surface area contributed by atoms with Crippen LogP contribution in [0.5, 0.6) is 0 Å². The van der Waals surface area contributed by atoms with Gasteiger partial charge in [-0.1, -0.05) is 45.2 Å². The van der Waals surface area contributed by atoms with Crippen LogP contribution in [0.3, 0.4) is 0 Å². The highest BCUT2D eigenvalue weighted by Gasteiger charge is 2.11. The fraction of sp³-hybridized carbons (Fsp3) is 0.364. The van der Waals surface area contributed by atoms with E-state index in [0.29, 0.717) is 22.0 Å². The van der Waals surface area contributed by atoms with Gasteiger partial charge in [-0.25, -0.2) is 0 Å². The van der Waals surface area contributed by atoms with Crippen LogP contribution in [0.15, 0.2) is 18.2 Å². The van der Waals surface area contributed by atoms with Crippen LogP contribution < -0.4 is 0 Å². The number of carbonyl (C=O) groups excluding carboxylic acids is 1. The third-order valence-electron chi connectivity index (χ3n) is 2.04. The van der Waals surface area contributed by atoms with Gasteiger partial charge in [-0.2, -0.15) is 0 Å². The molecule has 1 nitrogen and oxygen atoms in total. The van der Waals surface area contributed by atoms with Gasteiger partial charge in [0.05, 0.1) is 10.0 Å². The molecule has 1 aromatic rings. The molecule has 0 unspecified atom stereocenters. The van der Waals surface area contributed by atoms with Gasteiger partial charge in [0.25, 0.3) is 0 Å². The minimum absolute atomic E-state index is 0.0588. The van der Waals surface area contributed by atoms with Crippen molar-refractivity contribution >= 4 is 44.9 Å². The maximum absolute atomic E-state index is 11.7. The maximum Gasteiger partial charge on any atom is 0.164 e. The second-order valence-corrected chi connectivity index (χ2v) is 4.75. The molecule has 0 aliphatic heterocycles. The van der Waals surface area contributed by atoms with Gasteiger partial charge in [-0.05, 0) is 25.0 Å². The molecule has 0 atom stereocenters. The first-order chi connectivity index (χ1) is 7.16. The van der Waals surface area contributed by atoms with Crippen LogP contribution in [0.1, 0.15) is 29.6 Å². The van der Waals surface area contributed by atoms with Crippen LogP contribution in [-0.4, -0.2) is 11.1 Å². The molecule has 0 amide bonds. The monoisotopic (exact) mass is 308 g/mol. The summed E-state index contributed by atoms with van der Waals surface area (Å²) >= 11 is 15.1. The predicted octanol–water partition coefficient (Wildman–Crippen LogP) is 4.74. The Kier molecular flexibility index (Phi) is 5.65. The van der Waals surface area contributed by atoms with E-state index in [1.807, 2.05) is 0 Å². The smallest absolute Gasteiger partial charge is 0.164 e. The maximum atomic E-state index is 11.7. The highest BCUT2D eigenvalue weighted by Crippen LogP contribution is 2.26.